The maximum Gasteiger partial charge on any atom is 0.183 e. The summed E-state index contributed by atoms with van der Waals surface area (Å²) >= 11 is 11.2. The number of fused-ring (bicyclic) bond motifs is 1. The van der Waals surface area contributed by atoms with Crippen LogP contribution in [0.5, 0.6) is 0 Å². The molecule has 3 aromatic rings. The highest BCUT2D eigenvalue weighted by Crippen LogP contribution is 2.21. The molecule has 3 rings (SSSR count). The number of hydrogen-bond acceptors (Lipinski definition) is 4. The van der Waals surface area contributed by atoms with E-state index in [0.717, 1.165) is 11.2 Å². The monoisotopic (exact) mass is 339 g/mol. The molecule has 21 heavy (non-hydrogen) atoms. The fourth-order valence-corrected chi connectivity index (χ4v) is 3.14. The highest BCUT2D eigenvalue weighted by molar-refractivity contribution is 7.90. The SMILES string of the molecule is CS(=O)(=O)c1ccc(-n2c(=S)[nH]c3cc(Cl)cnc32)cc1. The summed E-state index contributed by atoms with van der Waals surface area (Å²) < 4.78 is 25.2. The Balaban J connectivity index is 2.21. The van der Waals surface area contributed by atoms with Crippen molar-refractivity contribution in [3.05, 3.63) is 46.3 Å². The van der Waals surface area contributed by atoms with Gasteiger partial charge in [-0.3, -0.25) is 4.57 Å². The summed E-state index contributed by atoms with van der Waals surface area (Å²) in [5.74, 6) is 0. The van der Waals surface area contributed by atoms with Gasteiger partial charge >= 0.3 is 0 Å². The van der Waals surface area contributed by atoms with Gasteiger partial charge in [0, 0.05) is 18.1 Å². The summed E-state index contributed by atoms with van der Waals surface area (Å²) in [6.07, 6.45) is 2.71. The molecule has 1 N–H and O–H groups in total. The van der Waals surface area contributed by atoms with Crippen LogP contribution in [0.25, 0.3) is 16.9 Å². The molecule has 5 nitrogen and oxygen atoms in total. The smallest absolute Gasteiger partial charge is 0.183 e. The fourth-order valence-electron chi connectivity index (χ4n) is 2.05. The van der Waals surface area contributed by atoms with Crippen LogP contribution in [-0.4, -0.2) is 29.2 Å². The maximum absolute atomic E-state index is 11.5. The van der Waals surface area contributed by atoms with Crippen molar-refractivity contribution in [2.45, 2.75) is 4.90 Å². The first kappa shape index (κ1) is 14.2. The third-order valence-corrected chi connectivity index (χ3v) is 4.63. The topological polar surface area (TPSA) is 67.8 Å². The Morgan fingerprint density at radius 1 is 1.29 bits per heavy atom. The molecular weight excluding hydrogens is 330 g/mol. The van der Waals surface area contributed by atoms with Crippen LogP contribution >= 0.6 is 23.8 Å². The first-order chi connectivity index (χ1) is 9.86. The van der Waals surface area contributed by atoms with Crippen LogP contribution in [-0.2, 0) is 9.84 Å². The molecule has 0 amide bonds. The second kappa shape index (κ2) is 4.94. The van der Waals surface area contributed by atoms with Crippen LogP contribution in [0.3, 0.4) is 0 Å². The molecule has 0 aliphatic rings. The lowest BCUT2D eigenvalue weighted by atomic mass is 10.3. The van der Waals surface area contributed by atoms with E-state index in [9.17, 15) is 8.42 Å². The molecule has 0 aliphatic heterocycles. The molecule has 0 atom stereocenters. The van der Waals surface area contributed by atoms with Crippen LogP contribution < -0.4 is 0 Å². The van der Waals surface area contributed by atoms with Crippen molar-refractivity contribution in [2.24, 2.45) is 0 Å². The van der Waals surface area contributed by atoms with Gasteiger partial charge in [0.25, 0.3) is 0 Å². The molecule has 0 aliphatic carbocycles. The quantitative estimate of drug-likeness (QED) is 0.728. The number of aromatic nitrogens is 3. The number of H-pyrrole nitrogens is 1. The molecule has 0 bridgehead atoms. The van der Waals surface area contributed by atoms with Gasteiger partial charge in [-0.1, -0.05) is 11.6 Å². The summed E-state index contributed by atoms with van der Waals surface area (Å²) in [5, 5.41) is 0.512. The van der Waals surface area contributed by atoms with Crippen molar-refractivity contribution in [1.29, 1.82) is 0 Å². The van der Waals surface area contributed by atoms with Crippen molar-refractivity contribution in [3.8, 4) is 5.69 Å². The van der Waals surface area contributed by atoms with Gasteiger partial charge < -0.3 is 4.98 Å². The number of imidazole rings is 1. The molecule has 0 fully saturated rings. The van der Waals surface area contributed by atoms with E-state index < -0.39 is 9.84 Å². The van der Waals surface area contributed by atoms with E-state index in [2.05, 4.69) is 9.97 Å². The lowest BCUT2D eigenvalue weighted by Crippen LogP contribution is -1.99. The first-order valence-electron chi connectivity index (χ1n) is 5.93. The van der Waals surface area contributed by atoms with Gasteiger partial charge in [-0.05, 0) is 42.5 Å². The van der Waals surface area contributed by atoms with Crippen LogP contribution in [0, 0.1) is 4.77 Å². The Morgan fingerprint density at radius 3 is 2.57 bits per heavy atom. The van der Waals surface area contributed by atoms with Gasteiger partial charge in [-0.2, -0.15) is 0 Å². The average molecular weight is 340 g/mol. The molecule has 0 unspecified atom stereocenters. The minimum atomic E-state index is -3.22. The fraction of sp³-hybridized carbons (Fsp3) is 0.0769. The minimum absolute atomic E-state index is 0.258. The molecule has 0 saturated carbocycles. The number of pyridine rings is 1. The molecule has 108 valence electrons. The second-order valence-corrected chi connectivity index (χ2v) is 7.40. The highest BCUT2D eigenvalue weighted by atomic mass is 35.5. The highest BCUT2D eigenvalue weighted by Gasteiger charge is 2.10. The van der Waals surface area contributed by atoms with Crippen molar-refractivity contribution in [1.82, 2.24) is 14.5 Å². The Morgan fingerprint density at radius 2 is 1.95 bits per heavy atom. The molecule has 2 heterocycles. The van der Waals surface area contributed by atoms with Crippen molar-refractivity contribution >= 4 is 44.8 Å². The number of sulfone groups is 1. The van der Waals surface area contributed by atoms with Crippen molar-refractivity contribution in [3.63, 3.8) is 0 Å². The summed E-state index contributed by atoms with van der Waals surface area (Å²) in [7, 11) is -3.22. The predicted molar refractivity (Wildman–Crippen MR) is 84.4 cm³/mol. The van der Waals surface area contributed by atoms with E-state index in [4.69, 9.17) is 23.8 Å². The molecule has 2 aromatic heterocycles. The van der Waals surface area contributed by atoms with Crippen LogP contribution in [0.4, 0.5) is 0 Å². The van der Waals surface area contributed by atoms with E-state index in [0.29, 0.717) is 15.4 Å². The number of nitrogens with one attached hydrogen (secondary N) is 1. The van der Waals surface area contributed by atoms with Gasteiger partial charge in [0.2, 0.25) is 0 Å². The standard InChI is InChI=1S/C13H10ClN3O2S2/c1-21(18,19)10-4-2-9(3-5-10)17-12-11(16-13(17)20)6-8(14)7-15-12/h2-7H,1H3,(H,16,20). The molecule has 8 heteroatoms. The number of nitrogens with zero attached hydrogens (tertiary/aromatic N) is 2. The van der Waals surface area contributed by atoms with Gasteiger partial charge in [0.15, 0.2) is 20.3 Å². The zero-order chi connectivity index (χ0) is 15.2. The van der Waals surface area contributed by atoms with E-state index in [1.807, 2.05) is 0 Å². The van der Waals surface area contributed by atoms with Gasteiger partial charge in [-0.25, -0.2) is 13.4 Å². The first-order valence-corrected chi connectivity index (χ1v) is 8.61. The predicted octanol–water partition coefficient (Wildman–Crippen LogP) is 3.14. The van der Waals surface area contributed by atoms with Crippen LogP contribution in [0.1, 0.15) is 0 Å². The summed E-state index contributed by atoms with van der Waals surface area (Å²) in [4.78, 5) is 7.55. The zero-order valence-corrected chi connectivity index (χ0v) is 13.3. The lowest BCUT2D eigenvalue weighted by Gasteiger charge is -2.05. The maximum atomic E-state index is 11.5. The Kier molecular flexibility index (Phi) is 3.35. The van der Waals surface area contributed by atoms with E-state index in [1.165, 1.54) is 12.5 Å². The summed E-state index contributed by atoms with van der Waals surface area (Å²) in [6, 6.07) is 8.20. The average Bonchev–Trinajstić information content (AvgIpc) is 2.73. The van der Waals surface area contributed by atoms with Gasteiger partial charge in [0.1, 0.15) is 0 Å². The molecule has 1 aromatic carbocycles. The minimum Gasteiger partial charge on any atom is -0.329 e. The van der Waals surface area contributed by atoms with Crippen LogP contribution in [0.15, 0.2) is 41.4 Å². The largest absolute Gasteiger partial charge is 0.329 e. The third kappa shape index (κ3) is 2.59. The number of halogens is 1. The zero-order valence-electron chi connectivity index (χ0n) is 10.9. The number of benzene rings is 1. The summed E-state index contributed by atoms with van der Waals surface area (Å²) in [5.41, 5.74) is 2.09. The van der Waals surface area contributed by atoms with E-state index in [-0.39, 0.29) is 4.90 Å². The van der Waals surface area contributed by atoms with Crippen LogP contribution in [0.2, 0.25) is 5.02 Å². The molecule has 0 spiro atoms. The normalized spacial score (nSPS) is 11.9. The molecule has 0 radical (unpaired) electrons. The number of hydrogen-bond donors (Lipinski definition) is 1. The lowest BCUT2D eigenvalue weighted by molar-refractivity contribution is 0.602. The van der Waals surface area contributed by atoms with Crippen molar-refractivity contribution in [2.75, 3.05) is 6.26 Å². The van der Waals surface area contributed by atoms with E-state index >= 15 is 0 Å². The van der Waals surface area contributed by atoms with E-state index in [1.54, 1.807) is 34.9 Å². The Bertz CT molecular complexity index is 988. The van der Waals surface area contributed by atoms with Crippen molar-refractivity contribution < 1.29 is 8.42 Å². The number of rotatable bonds is 2. The van der Waals surface area contributed by atoms with Gasteiger partial charge in [-0.15, -0.1) is 0 Å². The second-order valence-electron chi connectivity index (χ2n) is 4.56. The van der Waals surface area contributed by atoms with Gasteiger partial charge in [0.05, 0.1) is 15.4 Å². The summed E-state index contributed by atoms with van der Waals surface area (Å²) in [6.45, 7) is 0. The molecular formula is C13H10ClN3O2S2. The molecule has 0 saturated heterocycles. The third-order valence-electron chi connectivity index (χ3n) is 3.01. The Hall–Kier alpha value is -1.70. The Labute approximate surface area is 131 Å². The number of aromatic amines is 1.